The number of benzene rings is 1. The van der Waals surface area contributed by atoms with Crippen molar-refractivity contribution in [1.29, 1.82) is 0 Å². The molecule has 0 saturated heterocycles. The first-order chi connectivity index (χ1) is 10.6. The Morgan fingerprint density at radius 2 is 2.05 bits per heavy atom. The Balaban J connectivity index is 1.96. The van der Waals surface area contributed by atoms with E-state index < -0.39 is 12.1 Å². The zero-order valence-corrected chi connectivity index (χ0v) is 12.9. The van der Waals surface area contributed by atoms with Crippen LogP contribution in [-0.4, -0.2) is 29.2 Å². The summed E-state index contributed by atoms with van der Waals surface area (Å²) in [4.78, 5) is 23.3. The molecule has 0 bridgehead atoms. The molecule has 1 saturated carbocycles. The van der Waals surface area contributed by atoms with Crippen LogP contribution in [0.15, 0.2) is 24.3 Å². The molecule has 2 rings (SSSR count). The molecule has 1 aromatic carbocycles. The van der Waals surface area contributed by atoms with Crippen LogP contribution in [0.1, 0.15) is 55.8 Å². The third kappa shape index (κ3) is 4.56. The van der Waals surface area contributed by atoms with Crippen molar-refractivity contribution in [2.75, 3.05) is 5.32 Å². The number of amides is 1. The molecule has 0 spiro atoms. The Kier molecular flexibility index (Phi) is 5.95. The van der Waals surface area contributed by atoms with Crippen LogP contribution in [0.25, 0.3) is 0 Å². The van der Waals surface area contributed by atoms with E-state index in [4.69, 9.17) is 9.84 Å². The van der Waals surface area contributed by atoms with E-state index in [-0.39, 0.29) is 17.6 Å². The monoisotopic (exact) mass is 305 g/mol. The van der Waals surface area contributed by atoms with E-state index in [9.17, 15) is 9.59 Å². The molecule has 0 aliphatic heterocycles. The summed E-state index contributed by atoms with van der Waals surface area (Å²) >= 11 is 0. The number of anilines is 1. The zero-order valence-electron chi connectivity index (χ0n) is 12.9. The van der Waals surface area contributed by atoms with E-state index in [1.54, 1.807) is 12.1 Å². The number of carbonyl (C=O) groups excluding carboxylic acids is 1. The van der Waals surface area contributed by atoms with Crippen molar-refractivity contribution in [2.45, 2.75) is 57.7 Å². The summed E-state index contributed by atoms with van der Waals surface area (Å²) < 4.78 is 5.92. The van der Waals surface area contributed by atoms with Gasteiger partial charge >= 0.3 is 5.97 Å². The number of carboxylic acid groups (broad SMARTS) is 1. The number of carboxylic acids is 1. The Hall–Kier alpha value is -1.88. The second-order valence-electron chi connectivity index (χ2n) is 5.67. The zero-order chi connectivity index (χ0) is 15.9. The van der Waals surface area contributed by atoms with Gasteiger partial charge in [-0.1, -0.05) is 32.3 Å². The van der Waals surface area contributed by atoms with Gasteiger partial charge in [-0.15, -0.1) is 0 Å². The fourth-order valence-electron chi connectivity index (χ4n) is 2.73. The first-order valence-corrected chi connectivity index (χ1v) is 7.90. The second-order valence-corrected chi connectivity index (χ2v) is 5.67. The highest BCUT2D eigenvalue weighted by Crippen LogP contribution is 2.22. The molecule has 5 heteroatoms. The van der Waals surface area contributed by atoms with Gasteiger partial charge in [-0.3, -0.25) is 4.79 Å². The average Bonchev–Trinajstić information content (AvgIpc) is 2.53. The maximum absolute atomic E-state index is 12.3. The van der Waals surface area contributed by atoms with E-state index in [0.29, 0.717) is 12.1 Å². The molecular weight excluding hydrogens is 282 g/mol. The van der Waals surface area contributed by atoms with E-state index in [2.05, 4.69) is 5.32 Å². The maximum atomic E-state index is 12.3. The number of nitrogens with one attached hydrogen (secondary N) is 1. The second kappa shape index (κ2) is 7.94. The van der Waals surface area contributed by atoms with Gasteiger partial charge in [0.05, 0.1) is 11.7 Å². The van der Waals surface area contributed by atoms with Gasteiger partial charge in [-0.05, 0) is 37.5 Å². The first kappa shape index (κ1) is 16.5. The van der Waals surface area contributed by atoms with Crippen molar-refractivity contribution in [3.05, 3.63) is 29.8 Å². The predicted octanol–water partition coefficient (Wildman–Crippen LogP) is 3.45. The van der Waals surface area contributed by atoms with Gasteiger partial charge in [0.25, 0.3) is 5.91 Å². The summed E-state index contributed by atoms with van der Waals surface area (Å²) in [7, 11) is 0. The molecule has 0 aromatic heterocycles. The van der Waals surface area contributed by atoms with Crippen molar-refractivity contribution >= 4 is 17.6 Å². The SMILES string of the molecule is CCC(OC1CCCCC1)C(=O)Nc1cccc(C(=O)O)c1. The summed E-state index contributed by atoms with van der Waals surface area (Å²) in [5, 5.41) is 11.7. The quantitative estimate of drug-likeness (QED) is 0.844. The van der Waals surface area contributed by atoms with Crippen LogP contribution in [0, 0.1) is 0 Å². The molecular formula is C17H23NO4. The Labute approximate surface area is 130 Å². The molecule has 1 aliphatic rings. The van der Waals surface area contributed by atoms with Crippen LogP contribution < -0.4 is 5.32 Å². The van der Waals surface area contributed by atoms with Crippen LogP contribution in [0.2, 0.25) is 0 Å². The third-order valence-corrected chi connectivity index (χ3v) is 3.95. The van der Waals surface area contributed by atoms with Gasteiger partial charge in [0.2, 0.25) is 0 Å². The molecule has 120 valence electrons. The van der Waals surface area contributed by atoms with Crippen LogP contribution in [0.4, 0.5) is 5.69 Å². The highest BCUT2D eigenvalue weighted by atomic mass is 16.5. The lowest BCUT2D eigenvalue weighted by Crippen LogP contribution is -2.34. The average molecular weight is 305 g/mol. The fourth-order valence-corrected chi connectivity index (χ4v) is 2.73. The lowest BCUT2D eigenvalue weighted by atomic mass is 9.97. The molecule has 2 N–H and O–H groups in total. The van der Waals surface area contributed by atoms with Crippen molar-refractivity contribution < 1.29 is 19.4 Å². The van der Waals surface area contributed by atoms with E-state index in [1.165, 1.54) is 18.6 Å². The molecule has 0 heterocycles. The summed E-state index contributed by atoms with van der Waals surface area (Å²) in [5.41, 5.74) is 0.634. The van der Waals surface area contributed by atoms with Gasteiger partial charge in [0.15, 0.2) is 0 Å². The molecule has 1 unspecified atom stereocenters. The summed E-state index contributed by atoms with van der Waals surface area (Å²) in [6.45, 7) is 1.92. The molecule has 22 heavy (non-hydrogen) atoms. The number of aromatic carboxylic acids is 1. The van der Waals surface area contributed by atoms with E-state index >= 15 is 0 Å². The van der Waals surface area contributed by atoms with Gasteiger partial charge in [0, 0.05) is 5.69 Å². The molecule has 1 amide bonds. The standard InChI is InChI=1S/C17H23NO4/c1-2-15(22-14-9-4-3-5-10-14)16(19)18-13-8-6-7-12(11-13)17(20)21/h6-8,11,14-15H,2-5,9-10H2,1H3,(H,18,19)(H,20,21). The molecule has 1 atom stereocenters. The molecule has 5 nitrogen and oxygen atoms in total. The lowest BCUT2D eigenvalue weighted by molar-refractivity contribution is -0.132. The first-order valence-electron chi connectivity index (χ1n) is 7.90. The van der Waals surface area contributed by atoms with Crippen molar-refractivity contribution in [1.82, 2.24) is 0 Å². The number of hydrogen-bond acceptors (Lipinski definition) is 3. The van der Waals surface area contributed by atoms with Crippen LogP contribution in [0.5, 0.6) is 0 Å². The van der Waals surface area contributed by atoms with Crippen molar-refractivity contribution in [3.63, 3.8) is 0 Å². The summed E-state index contributed by atoms with van der Waals surface area (Å²) in [6, 6.07) is 6.24. The maximum Gasteiger partial charge on any atom is 0.335 e. The van der Waals surface area contributed by atoms with Gasteiger partial charge in [-0.2, -0.15) is 0 Å². The van der Waals surface area contributed by atoms with Gasteiger partial charge < -0.3 is 15.2 Å². The molecule has 1 aromatic rings. The van der Waals surface area contributed by atoms with Crippen molar-refractivity contribution in [3.8, 4) is 0 Å². The Morgan fingerprint density at radius 3 is 2.68 bits per heavy atom. The van der Waals surface area contributed by atoms with Crippen molar-refractivity contribution in [2.24, 2.45) is 0 Å². The summed E-state index contributed by atoms with van der Waals surface area (Å²) in [6.07, 6.45) is 5.85. The third-order valence-electron chi connectivity index (χ3n) is 3.95. The topological polar surface area (TPSA) is 75.6 Å². The summed E-state index contributed by atoms with van der Waals surface area (Å²) in [5.74, 6) is -1.22. The number of carbonyl (C=O) groups is 2. The Morgan fingerprint density at radius 1 is 1.32 bits per heavy atom. The highest BCUT2D eigenvalue weighted by Gasteiger charge is 2.23. The predicted molar refractivity (Wildman–Crippen MR) is 84.1 cm³/mol. The lowest BCUT2D eigenvalue weighted by Gasteiger charge is -2.26. The number of ether oxygens (including phenoxy) is 1. The molecule has 1 fully saturated rings. The Bertz CT molecular complexity index is 523. The smallest absolute Gasteiger partial charge is 0.335 e. The van der Waals surface area contributed by atoms with Crippen LogP contribution in [0.3, 0.4) is 0 Å². The normalized spacial score (nSPS) is 17.0. The molecule has 1 aliphatic carbocycles. The minimum Gasteiger partial charge on any atom is -0.478 e. The highest BCUT2D eigenvalue weighted by molar-refractivity contribution is 5.96. The molecule has 0 radical (unpaired) electrons. The van der Waals surface area contributed by atoms with Crippen LogP contribution in [-0.2, 0) is 9.53 Å². The van der Waals surface area contributed by atoms with E-state index in [1.807, 2.05) is 6.92 Å². The fraction of sp³-hybridized carbons (Fsp3) is 0.529. The van der Waals surface area contributed by atoms with Gasteiger partial charge in [0.1, 0.15) is 6.10 Å². The minimum absolute atomic E-state index is 0.152. The van der Waals surface area contributed by atoms with Gasteiger partial charge in [-0.25, -0.2) is 4.79 Å². The number of rotatable bonds is 6. The minimum atomic E-state index is -1.01. The number of hydrogen-bond donors (Lipinski definition) is 2. The van der Waals surface area contributed by atoms with Crippen LogP contribution >= 0.6 is 0 Å². The van der Waals surface area contributed by atoms with E-state index in [0.717, 1.165) is 25.7 Å². The largest absolute Gasteiger partial charge is 0.478 e.